The van der Waals surface area contributed by atoms with Crippen LogP contribution in [0.4, 0.5) is 10.5 Å². The molecule has 2 aliphatic rings. The molecular weight excluding hydrogens is 412 g/mol. The van der Waals surface area contributed by atoms with Gasteiger partial charge in [0.25, 0.3) is 0 Å². The van der Waals surface area contributed by atoms with Crippen LogP contribution >= 0.6 is 0 Å². The molecule has 0 atom stereocenters. The standard InChI is InChI=1S/C27H36N4O2/c1-20-17-23(21(2)31(20)25-11-4-3-5-12-25)13-14-26(32)28-19-22-9-8-10-24(18-22)29-27(33)30-15-6-7-16-30/h8-10,13-14,17-18,25H,3-7,11-12,15-16,19H2,1-2H3,(H,28,32)(H,29,33)/b14-13+. The minimum Gasteiger partial charge on any atom is -0.348 e. The van der Waals surface area contributed by atoms with E-state index in [-0.39, 0.29) is 11.9 Å². The molecule has 0 unspecified atom stereocenters. The Morgan fingerprint density at radius 1 is 1.03 bits per heavy atom. The van der Waals surface area contributed by atoms with Crippen molar-refractivity contribution >= 4 is 23.7 Å². The summed E-state index contributed by atoms with van der Waals surface area (Å²) >= 11 is 0. The lowest BCUT2D eigenvalue weighted by Crippen LogP contribution is -2.32. The molecule has 1 saturated carbocycles. The molecule has 33 heavy (non-hydrogen) atoms. The molecule has 3 amide bonds. The third-order valence-corrected chi connectivity index (χ3v) is 6.92. The number of benzene rings is 1. The Hall–Kier alpha value is -3.02. The lowest BCUT2D eigenvalue weighted by Gasteiger charge is -2.26. The van der Waals surface area contributed by atoms with Crippen molar-refractivity contribution < 1.29 is 9.59 Å². The third-order valence-electron chi connectivity index (χ3n) is 6.92. The zero-order valence-corrected chi connectivity index (χ0v) is 19.9. The van der Waals surface area contributed by atoms with Crippen molar-refractivity contribution in [2.45, 2.75) is 71.4 Å². The first kappa shape index (κ1) is 23.1. The number of nitrogens with one attached hydrogen (secondary N) is 2. The van der Waals surface area contributed by atoms with Crippen molar-refractivity contribution in [1.82, 2.24) is 14.8 Å². The number of nitrogens with zero attached hydrogens (tertiary/aromatic N) is 2. The summed E-state index contributed by atoms with van der Waals surface area (Å²) in [7, 11) is 0. The van der Waals surface area contributed by atoms with Gasteiger partial charge >= 0.3 is 6.03 Å². The number of hydrogen-bond acceptors (Lipinski definition) is 2. The molecule has 6 nitrogen and oxygen atoms in total. The average Bonchev–Trinajstić information content (AvgIpc) is 3.45. The number of hydrogen-bond donors (Lipinski definition) is 2. The van der Waals surface area contributed by atoms with E-state index in [0.29, 0.717) is 12.6 Å². The molecular formula is C27H36N4O2. The summed E-state index contributed by atoms with van der Waals surface area (Å²) in [5.41, 5.74) is 5.33. The summed E-state index contributed by atoms with van der Waals surface area (Å²) in [4.78, 5) is 26.6. The first-order valence-electron chi connectivity index (χ1n) is 12.3. The maximum absolute atomic E-state index is 12.4. The molecule has 1 aromatic heterocycles. The van der Waals surface area contributed by atoms with Gasteiger partial charge in [0.15, 0.2) is 0 Å². The van der Waals surface area contributed by atoms with Crippen LogP contribution in [0.2, 0.25) is 0 Å². The number of amides is 3. The summed E-state index contributed by atoms with van der Waals surface area (Å²) in [5, 5.41) is 5.91. The summed E-state index contributed by atoms with van der Waals surface area (Å²) in [6.45, 7) is 6.36. The van der Waals surface area contributed by atoms with E-state index in [1.807, 2.05) is 35.2 Å². The van der Waals surface area contributed by atoms with Crippen LogP contribution in [-0.2, 0) is 11.3 Å². The molecule has 4 rings (SSSR count). The van der Waals surface area contributed by atoms with Gasteiger partial charge in [0.05, 0.1) is 0 Å². The first-order chi connectivity index (χ1) is 16.0. The second-order valence-corrected chi connectivity index (χ2v) is 9.36. The molecule has 6 heteroatoms. The first-order valence-corrected chi connectivity index (χ1v) is 12.3. The molecule has 1 saturated heterocycles. The number of carbonyl (C=O) groups excluding carboxylic acids is 2. The van der Waals surface area contributed by atoms with E-state index in [1.165, 1.54) is 43.5 Å². The van der Waals surface area contributed by atoms with Crippen molar-refractivity contribution in [3.05, 3.63) is 58.9 Å². The van der Waals surface area contributed by atoms with Crippen LogP contribution in [0.1, 0.15) is 73.5 Å². The molecule has 1 aliphatic heterocycles. The van der Waals surface area contributed by atoms with E-state index in [1.54, 1.807) is 6.08 Å². The number of aromatic nitrogens is 1. The molecule has 2 N–H and O–H groups in total. The van der Waals surface area contributed by atoms with Gasteiger partial charge in [-0.05, 0) is 74.9 Å². The molecule has 2 aromatic rings. The van der Waals surface area contributed by atoms with Crippen LogP contribution in [0.3, 0.4) is 0 Å². The Morgan fingerprint density at radius 3 is 2.55 bits per heavy atom. The molecule has 1 aliphatic carbocycles. The molecule has 0 bridgehead atoms. The second-order valence-electron chi connectivity index (χ2n) is 9.36. The molecule has 1 aromatic carbocycles. The summed E-state index contributed by atoms with van der Waals surface area (Å²) in [6.07, 6.45) is 12.1. The van der Waals surface area contributed by atoms with Gasteiger partial charge in [-0.2, -0.15) is 0 Å². The SMILES string of the molecule is Cc1cc(/C=C/C(=O)NCc2cccc(NC(=O)N3CCCC3)c2)c(C)n1C1CCCCC1. The summed E-state index contributed by atoms with van der Waals surface area (Å²) < 4.78 is 2.46. The van der Waals surface area contributed by atoms with Gasteiger partial charge in [0, 0.05) is 48.8 Å². The highest BCUT2D eigenvalue weighted by molar-refractivity contribution is 5.92. The van der Waals surface area contributed by atoms with E-state index in [4.69, 9.17) is 0 Å². The fraction of sp³-hybridized carbons (Fsp3) is 0.481. The van der Waals surface area contributed by atoms with Gasteiger partial charge in [-0.25, -0.2) is 4.79 Å². The van der Waals surface area contributed by atoms with Crippen molar-refractivity contribution in [2.24, 2.45) is 0 Å². The number of likely N-dealkylation sites (tertiary alicyclic amines) is 1. The smallest absolute Gasteiger partial charge is 0.321 e. The van der Waals surface area contributed by atoms with Crippen LogP contribution in [-0.4, -0.2) is 34.5 Å². The third kappa shape index (κ3) is 5.86. The minimum absolute atomic E-state index is 0.0533. The van der Waals surface area contributed by atoms with Crippen molar-refractivity contribution in [1.29, 1.82) is 0 Å². The zero-order valence-electron chi connectivity index (χ0n) is 19.9. The van der Waals surface area contributed by atoms with Crippen molar-refractivity contribution in [3.63, 3.8) is 0 Å². The number of anilines is 1. The molecule has 2 fully saturated rings. The van der Waals surface area contributed by atoms with Gasteiger partial charge in [-0.15, -0.1) is 0 Å². The zero-order chi connectivity index (χ0) is 23.2. The molecule has 0 spiro atoms. The number of aryl methyl sites for hydroxylation is 1. The van der Waals surface area contributed by atoms with E-state index in [0.717, 1.165) is 42.7 Å². The van der Waals surface area contributed by atoms with E-state index < -0.39 is 0 Å². The predicted molar refractivity (Wildman–Crippen MR) is 133 cm³/mol. The Balaban J connectivity index is 1.32. The average molecular weight is 449 g/mol. The van der Waals surface area contributed by atoms with Crippen LogP contribution < -0.4 is 10.6 Å². The van der Waals surface area contributed by atoms with E-state index in [2.05, 4.69) is 35.1 Å². The van der Waals surface area contributed by atoms with Crippen molar-refractivity contribution in [2.75, 3.05) is 18.4 Å². The van der Waals surface area contributed by atoms with Gasteiger partial charge in [-0.1, -0.05) is 31.4 Å². The van der Waals surface area contributed by atoms with Crippen molar-refractivity contribution in [3.8, 4) is 0 Å². The highest BCUT2D eigenvalue weighted by atomic mass is 16.2. The quantitative estimate of drug-likeness (QED) is 0.568. The molecule has 2 heterocycles. The molecule has 176 valence electrons. The highest BCUT2D eigenvalue weighted by Crippen LogP contribution is 2.32. The predicted octanol–water partition coefficient (Wildman–Crippen LogP) is 5.57. The highest BCUT2D eigenvalue weighted by Gasteiger charge is 2.20. The maximum Gasteiger partial charge on any atom is 0.321 e. The van der Waals surface area contributed by atoms with Gasteiger partial charge in [0.2, 0.25) is 5.91 Å². The lowest BCUT2D eigenvalue weighted by atomic mass is 9.95. The lowest BCUT2D eigenvalue weighted by molar-refractivity contribution is -0.116. The normalized spacial score (nSPS) is 17.0. The largest absolute Gasteiger partial charge is 0.348 e. The van der Waals surface area contributed by atoms with Gasteiger partial charge < -0.3 is 20.1 Å². The molecule has 0 radical (unpaired) electrons. The monoisotopic (exact) mass is 448 g/mol. The van der Waals surface area contributed by atoms with Crippen LogP contribution in [0.15, 0.2) is 36.4 Å². The summed E-state index contributed by atoms with van der Waals surface area (Å²) in [5.74, 6) is -0.121. The van der Waals surface area contributed by atoms with E-state index in [9.17, 15) is 9.59 Å². The van der Waals surface area contributed by atoms with Crippen LogP contribution in [0, 0.1) is 13.8 Å². The van der Waals surface area contributed by atoms with Crippen LogP contribution in [0.5, 0.6) is 0 Å². The second kappa shape index (κ2) is 10.7. The van der Waals surface area contributed by atoms with Gasteiger partial charge in [-0.3, -0.25) is 4.79 Å². The number of rotatable bonds is 6. The minimum atomic E-state index is -0.121. The summed E-state index contributed by atoms with van der Waals surface area (Å²) in [6, 6.07) is 10.4. The Labute approximate surface area is 197 Å². The van der Waals surface area contributed by atoms with Gasteiger partial charge in [0.1, 0.15) is 0 Å². The Morgan fingerprint density at radius 2 is 1.79 bits per heavy atom. The maximum atomic E-state index is 12.4. The Bertz CT molecular complexity index is 1010. The van der Waals surface area contributed by atoms with Crippen LogP contribution in [0.25, 0.3) is 6.08 Å². The number of urea groups is 1. The van der Waals surface area contributed by atoms with E-state index >= 15 is 0 Å². The fourth-order valence-electron chi connectivity index (χ4n) is 5.17. The fourth-order valence-corrected chi connectivity index (χ4v) is 5.17. The Kier molecular flexibility index (Phi) is 7.53. The number of carbonyl (C=O) groups is 2. The topological polar surface area (TPSA) is 66.4 Å².